The number of benzene rings is 2. The Bertz CT molecular complexity index is 1040. The minimum Gasteiger partial charge on any atom is -0.416 e. The summed E-state index contributed by atoms with van der Waals surface area (Å²) in [6, 6.07) is 18.1. The molecule has 0 amide bonds. The quantitative estimate of drug-likeness (QED) is 0.549. The van der Waals surface area contributed by atoms with Gasteiger partial charge in [-0.2, -0.15) is 0 Å². The van der Waals surface area contributed by atoms with Gasteiger partial charge in [-0.3, -0.25) is 4.98 Å². The molecule has 116 valence electrons. The van der Waals surface area contributed by atoms with Crippen LogP contribution >= 0.6 is 0 Å². The van der Waals surface area contributed by atoms with Crippen LogP contribution in [0.4, 0.5) is 0 Å². The molecular formula is C20H15N3O. The van der Waals surface area contributed by atoms with Gasteiger partial charge in [0.1, 0.15) is 0 Å². The molecule has 1 aliphatic carbocycles. The highest BCUT2D eigenvalue weighted by Crippen LogP contribution is 2.37. The molecule has 4 nitrogen and oxygen atoms in total. The third kappa shape index (κ3) is 2.03. The maximum atomic E-state index is 6.04. The first-order valence-corrected chi connectivity index (χ1v) is 8.20. The van der Waals surface area contributed by atoms with E-state index < -0.39 is 0 Å². The summed E-state index contributed by atoms with van der Waals surface area (Å²) in [6.45, 7) is 0. The van der Waals surface area contributed by atoms with Crippen molar-refractivity contribution in [3.8, 4) is 22.9 Å². The number of hydrogen-bond acceptors (Lipinski definition) is 4. The lowest BCUT2D eigenvalue weighted by molar-refractivity contribution is 0.584. The Balaban J connectivity index is 1.74. The number of para-hydroxylation sites is 1. The molecule has 2 heterocycles. The minimum atomic E-state index is 0.554. The van der Waals surface area contributed by atoms with E-state index >= 15 is 0 Å². The summed E-state index contributed by atoms with van der Waals surface area (Å²) in [7, 11) is 0. The van der Waals surface area contributed by atoms with Gasteiger partial charge in [0.15, 0.2) is 0 Å². The Hall–Kier alpha value is -3.01. The van der Waals surface area contributed by atoms with Crippen LogP contribution in [0.3, 0.4) is 0 Å². The van der Waals surface area contributed by atoms with Gasteiger partial charge in [0, 0.05) is 16.6 Å². The zero-order valence-corrected chi connectivity index (χ0v) is 13.1. The Morgan fingerprint density at radius 3 is 2.50 bits per heavy atom. The van der Waals surface area contributed by atoms with E-state index in [0.29, 0.717) is 11.8 Å². The van der Waals surface area contributed by atoms with Crippen molar-refractivity contribution in [1.29, 1.82) is 0 Å². The Kier molecular flexibility index (Phi) is 2.95. The molecule has 4 heteroatoms. The van der Waals surface area contributed by atoms with Crippen molar-refractivity contribution in [3.05, 3.63) is 65.9 Å². The predicted molar refractivity (Wildman–Crippen MR) is 92.5 cm³/mol. The lowest BCUT2D eigenvalue weighted by Gasteiger charge is -2.09. The molecule has 24 heavy (non-hydrogen) atoms. The highest BCUT2D eigenvalue weighted by atomic mass is 16.4. The molecule has 0 fully saturated rings. The van der Waals surface area contributed by atoms with E-state index in [1.165, 1.54) is 11.3 Å². The van der Waals surface area contributed by atoms with Crippen LogP contribution in [0, 0.1) is 0 Å². The Morgan fingerprint density at radius 1 is 0.792 bits per heavy atom. The summed E-state index contributed by atoms with van der Waals surface area (Å²) in [4.78, 5) is 4.82. The zero-order valence-electron chi connectivity index (χ0n) is 13.1. The molecule has 0 N–H and O–H groups in total. The predicted octanol–water partition coefficient (Wildman–Crippen LogP) is 4.44. The van der Waals surface area contributed by atoms with E-state index in [1.54, 1.807) is 0 Å². The average Bonchev–Trinajstić information content (AvgIpc) is 3.30. The van der Waals surface area contributed by atoms with Gasteiger partial charge in [-0.15, -0.1) is 10.2 Å². The van der Waals surface area contributed by atoms with Crippen molar-refractivity contribution in [3.63, 3.8) is 0 Å². The van der Waals surface area contributed by atoms with E-state index in [4.69, 9.17) is 9.40 Å². The third-order valence-corrected chi connectivity index (χ3v) is 4.58. The van der Waals surface area contributed by atoms with E-state index in [1.807, 2.05) is 48.5 Å². The van der Waals surface area contributed by atoms with Crippen LogP contribution < -0.4 is 0 Å². The summed E-state index contributed by atoms with van der Waals surface area (Å²) < 4.78 is 6.04. The molecule has 0 saturated heterocycles. The van der Waals surface area contributed by atoms with Gasteiger partial charge < -0.3 is 4.42 Å². The number of hydrogen-bond donors (Lipinski definition) is 0. The molecule has 0 radical (unpaired) electrons. The van der Waals surface area contributed by atoms with Gasteiger partial charge in [-0.05, 0) is 43.0 Å². The fourth-order valence-electron chi connectivity index (χ4n) is 3.48. The first-order chi connectivity index (χ1) is 11.9. The fraction of sp³-hybridized carbons (Fsp3) is 0.150. The highest BCUT2D eigenvalue weighted by molar-refractivity contribution is 5.94. The molecule has 2 aromatic carbocycles. The summed E-state index contributed by atoms with van der Waals surface area (Å²) in [5, 5.41) is 9.69. The van der Waals surface area contributed by atoms with Gasteiger partial charge in [0.05, 0.1) is 11.1 Å². The van der Waals surface area contributed by atoms with Crippen LogP contribution in [-0.4, -0.2) is 15.2 Å². The van der Waals surface area contributed by atoms with Crippen LogP contribution in [-0.2, 0) is 12.8 Å². The zero-order chi connectivity index (χ0) is 15.9. The molecule has 0 saturated carbocycles. The summed E-state index contributed by atoms with van der Waals surface area (Å²) >= 11 is 0. The van der Waals surface area contributed by atoms with Gasteiger partial charge >= 0.3 is 0 Å². The van der Waals surface area contributed by atoms with Gasteiger partial charge in [0.2, 0.25) is 11.8 Å². The second-order valence-electron chi connectivity index (χ2n) is 6.06. The van der Waals surface area contributed by atoms with Crippen LogP contribution in [0.1, 0.15) is 17.7 Å². The van der Waals surface area contributed by atoms with Crippen molar-refractivity contribution >= 4 is 10.9 Å². The molecule has 0 aliphatic heterocycles. The first kappa shape index (κ1) is 13.4. The van der Waals surface area contributed by atoms with Gasteiger partial charge in [0.25, 0.3) is 0 Å². The molecule has 0 unspecified atom stereocenters. The SMILES string of the molecule is c1ccc(-c2nnc(-c3c4c(nc5ccccc35)CCC4)o2)cc1. The number of fused-ring (bicyclic) bond motifs is 2. The first-order valence-electron chi connectivity index (χ1n) is 8.20. The minimum absolute atomic E-state index is 0.554. The standard InChI is InChI=1S/C20H15N3O/c1-2-7-13(8-3-1)19-22-23-20(24-19)18-14-9-4-5-11-16(14)21-17-12-6-10-15(17)18/h1-5,7-9,11H,6,10,12H2. The average molecular weight is 313 g/mol. The normalized spacial score (nSPS) is 13.3. The van der Waals surface area contributed by atoms with E-state index in [-0.39, 0.29) is 0 Å². The highest BCUT2D eigenvalue weighted by Gasteiger charge is 2.24. The number of nitrogens with zero attached hydrogens (tertiary/aromatic N) is 3. The van der Waals surface area contributed by atoms with E-state index in [2.05, 4.69) is 16.3 Å². The Morgan fingerprint density at radius 2 is 1.58 bits per heavy atom. The van der Waals surface area contributed by atoms with Gasteiger partial charge in [-0.1, -0.05) is 36.4 Å². The number of rotatable bonds is 2. The summed E-state index contributed by atoms with van der Waals surface area (Å²) in [5.41, 5.74) is 5.42. The van der Waals surface area contributed by atoms with Crippen molar-refractivity contribution in [2.45, 2.75) is 19.3 Å². The van der Waals surface area contributed by atoms with Crippen molar-refractivity contribution in [2.24, 2.45) is 0 Å². The van der Waals surface area contributed by atoms with Crippen LogP contribution in [0.5, 0.6) is 0 Å². The molecule has 1 aliphatic rings. The largest absolute Gasteiger partial charge is 0.416 e. The monoisotopic (exact) mass is 313 g/mol. The second-order valence-corrected chi connectivity index (χ2v) is 6.06. The number of aromatic nitrogens is 3. The van der Waals surface area contributed by atoms with Crippen molar-refractivity contribution in [2.75, 3.05) is 0 Å². The molecule has 2 aromatic heterocycles. The maximum Gasteiger partial charge on any atom is 0.249 e. The fourth-order valence-corrected chi connectivity index (χ4v) is 3.48. The van der Waals surface area contributed by atoms with E-state index in [0.717, 1.165) is 41.3 Å². The van der Waals surface area contributed by atoms with Crippen LogP contribution in [0.25, 0.3) is 33.8 Å². The lowest BCUT2D eigenvalue weighted by atomic mass is 10.0. The van der Waals surface area contributed by atoms with Crippen molar-refractivity contribution < 1.29 is 4.42 Å². The molecule has 0 atom stereocenters. The molecule has 5 rings (SSSR count). The maximum absolute atomic E-state index is 6.04. The summed E-state index contributed by atoms with van der Waals surface area (Å²) in [6.07, 6.45) is 3.17. The second kappa shape index (κ2) is 5.27. The van der Waals surface area contributed by atoms with E-state index in [9.17, 15) is 0 Å². The van der Waals surface area contributed by atoms with Crippen LogP contribution in [0.2, 0.25) is 0 Å². The topological polar surface area (TPSA) is 51.8 Å². The number of pyridine rings is 1. The molecule has 4 aromatic rings. The lowest BCUT2D eigenvalue weighted by Crippen LogP contribution is -1.95. The van der Waals surface area contributed by atoms with Crippen molar-refractivity contribution in [1.82, 2.24) is 15.2 Å². The summed E-state index contributed by atoms with van der Waals surface area (Å²) in [5.74, 6) is 1.14. The van der Waals surface area contributed by atoms with Gasteiger partial charge in [-0.25, -0.2) is 0 Å². The Labute approximate surface area is 139 Å². The smallest absolute Gasteiger partial charge is 0.249 e. The number of aryl methyl sites for hydroxylation is 1. The van der Waals surface area contributed by atoms with Crippen LogP contribution in [0.15, 0.2) is 59.0 Å². The molecule has 0 bridgehead atoms. The molecule has 0 spiro atoms. The third-order valence-electron chi connectivity index (χ3n) is 4.58. The molecular weight excluding hydrogens is 298 g/mol.